The predicted octanol–water partition coefficient (Wildman–Crippen LogP) is 1.92. The molecule has 27 heavy (non-hydrogen) atoms. The van der Waals surface area contributed by atoms with E-state index < -0.39 is 17.2 Å². The number of nitrogen functional groups attached to an aromatic ring is 1. The zero-order chi connectivity index (χ0) is 20.1. The Morgan fingerprint density at radius 3 is 2.70 bits per heavy atom. The molecule has 3 N–H and O–H groups in total. The summed E-state index contributed by atoms with van der Waals surface area (Å²) in [5, 5.41) is 0.597. The summed E-state index contributed by atoms with van der Waals surface area (Å²) < 4.78 is 6.73. The van der Waals surface area contributed by atoms with Crippen LogP contribution in [0.2, 0.25) is 5.02 Å². The van der Waals surface area contributed by atoms with Gasteiger partial charge in [0.05, 0.1) is 0 Å². The molecule has 1 aromatic carbocycles. The number of anilines is 2. The molecule has 8 nitrogen and oxygen atoms in total. The van der Waals surface area contributed by atoms with E-state index in [0.29, 0.717) is 23.7 Å². The third kappa shape index (κ3) is 4.71. The van der Waals surface area contributed by atoms with Crippen molar-refractivity contribution in [3.05, 3.63) is 49.6 Å². The van der Waals surface area contributed by atoms with Gasteiger partial charge in [-0.1, -0.05) is 24.9 Å². The summed E-state index contributed by atoms with van der Waals surface area (Å²) in [5.74, 6) is -0.0515. The smallest absolute Gasteiger partial charge is 0.330 e. The fourth-order valence-corrected chi connectivity index (χ4v) is 2.63. The molecule has 0 radical (unpaired) electrons. The monoisotopic (exact) mass is 394 g/mol. The second-order valence-electron chi connectivity index (χ2n) is 6.15. The van der Waals surface area contributed by atoms with E-state index in [4.69, 9.17) is 22.1 Å². The predicted molar refractivity (Wildman–Crippen MR) is 106 cm³/mol. The number of amides is 1. The van der Waals surface area contributed by atoms with E-state index in [0.717, 1.165) is 16.9 Å². The van der Waals surface area contributed by atoms with Gasteiger partial charge in [-0.2, -0.15) is 0 Å². The fraction of sp³-hybridized carbons (Fsp3) is 0.389. The number of halogens is 1. The third-order valence-electron chi connectivity index (χ3n) is 4.15. The molecule has 0 spiro atoms. The van der Waals surface area contributed by atoms with Gasteiger partial charge in [0.2, 0.25) is 0 Å². The van der Waals surface area contributed by atoms with Crippen LogP contribution < -0.4 is 26.6 Å². The molecule has 0 aliphatic carbocycles. The molecule has 0 saturated heterocycles. The summed E-state index contributed by atoms with van der Waals surface area (Å²) in [6.45, 7) is 3.85. The van der Waals surface area contributed by atoms with Gasteiger partial charge in [0.1, 0.15) is 11.6 Å². The van der Waals surface area contributed by atoms with E-state index in [2.05, 4.69) is 4.98 Å². The normalized spacial score (nSPS) is 10.7. The molecule has 0 atom stereocenters. The Bertz CT molecular complexity index is 951. The number of benzene rings is 1. The molecule has 146 valence electrons. The van der Waals surface area contributed by atoms with Crippen molar-refractivity contribution >= 4 is 29.0 Å². The minimum absolute atomic E-state index is 0.0459. The first-order valence-corrected chi connectivity index (χ1v) is 8.92. The minimum atomic E-state index is -0.719. The number of hydrogen-bond acceptors (Lipinski definition) is 5. The van der Waals surface area contributed by atoms with E-state index in [1.54, 1.807) is 18.2 Å². The molecule has 1 aromatic heterocycles. The molecule has 1 heterocycles. The van der Waals surface area contributed by atoms with E-state index in [1.807, 2.05) is 13.8 Å². The molecule has 1 amide bonds. The SMILES string of the molecule is CCCCn1c(N)c(N(C)C(=O)COc2ccc(Cl)c(C)c2)c(=O)[nH]c1=O. The number of rotatable bonds is 7. The van der Waals surface area contributed by atoms with Crippen LogP contribution in [0.5, 0.6) is 5.75 Å². The van der Waals surface area contributed by atoms with Crippen LogP contribution in [-0.4, -0.2) is 29.1 Å². The molecule has 2 rings (SSSR count). The summed E-state index contributed by atoms with van der Waals surface area (Å²) in [4.78, 5) is 39.9. The van der Waals surface area contributed by atoms with Crippen molar-refractivity contribution in [3.8, 4) is 5.75 Å². The molecule has 0 aliphatic heterocycles. The first kappa shape index (κ1) is 20.6. The Kier molecular flexibility index (Phi) is 6.68. The van der Waals surface area contributed by atoms with Crippen molar-refractivity contribution in [2.75, 3.05) is 24.3 Å². The summed E-state index contributed by atoms with van der Waals surface area (Å²) in [6, 6.07) is 5.03. The number of aryl methyl sites for hydroxylation is 1. The topological polar surface area (TPSA) is 110 Å². The number of ether oxygens (including phenoxy) is 1. The van der Waals surface area contributed by atoms with Gasteiger partial charge in [-0.15, -0.1) is 0 Å². The van der Waals surface area contributed by atoms with Gasteiger partial charge in [-0.05, 0) is 37.1 Å². The summed E-state index contributed by atoms with van der Waals surface area (Å²) in [6.07, 6.45) is 1.57. The highest BCUT2D eigenvalue weighted by molar-refractivity contribution is 6.31. The highest BCUT2D eigenvalue weighted by atomic mass is 35.5. The number of nitrogens with two attached hydrogens (primary N) is 1. The molecule has 0 saturated carbocycles. The third-order valence-corrected chi connectivity index (χ3v) is 4.57. The number of likely N-dealkylation sites (N-methyl/N-ethyl adjacent to an activating group) is 1. The number of unbranched alkanes of at least 4 members (excludes halogenated alkanes) is 1. The Balaban J connectivity index is 2.21. The zero-order valence-electron chi connectivity index (χ0n) is 15.5. The lowest BCUT2D eigenvalue weighted by atomic mass is 10.2. The zero-order valence-corrected chi connectivity index (χ0v) is 16.3. The van der Waals surface area contributed by atoms with Crippen molar-refractivity contribution in [1.82, 2.24) is 9.55 Å². The van der Waals surface area contributed by atoms with Crippen molar-refractivity contribution in [3.63, 3.8) is 0 Å². The first-order chi connectivity index (χ1) is 12.8. The van der Waals surface area contributed by atoms with Crippen LogP contribution in [0.3, 0.4) is 0 Å². The number of nitrogens with zero attached hydrogens (tertiary/aromatic N) is 2. The quantitative estimate of drug-likeness (QED) is 0.745. The van der Waals surface area contributed by atoms with Crippen molar-refractivity contribution < 1.29 is 9.53 Å². The molecule has 2 aromatic rings. The number of hydrogen-bond donors (Lipinski definition) is 2. The lowest BCUT2D eigenvalue weighted by Crippen LogP contribution is -2.40. The number of carbonyl (C=O) groups excluding carboxylic acids is 1. The van der Waals surface area contributed by atoms with Crippen LogP contribution >= 0.6 is 11.6 Å². The van der Waals surface area contributed by atoms with Crippen LogP contribution in [0.25, 0.3) is 0 Å². The van der Waals surface area contributed by atoms with Crippen LogP contribution in [0, 0.1) is 6.92 Å². The van der Waals surface area contributed by atoms with Gasteiger partial charge in [0, 0.05) is 18.6 Å². The van der Waals surface area contributed by atoms with Crippen LogP contribution in [0.15, 0.2) is 27.8 Å². The number of H-pyrrole nitrogens is 1. The van der Waals surface area contributed by atoms with E-state index >= 15 is 0 Å². The minimum Gasteiger partial charge on any atom is -0.484 e. The van der Waals surface area contributed by atoms with Crippen molar-refractivity contribution in [2.24, 2.45) is 0 Å². The molecule has 0 bridgehead atoms. The number of aromatic nitrogens is 2. The number of nitrogens with one attached hydrogen (secondary N) is 1. The molecule has 0 unspecified atom stereocenters. The highest BCUT2D eigenvalue weighted by Crippen LogP contribution is 2.21. The van der Waals surface area contributed by atoms with Crippen molar-refractivity contribution in [1.29, 1.82) is 0 Å². The first-order valence-electron chi connectivity index (χ1n) is 8.54. The van der Waals surface area contributed by atoms with Crippen molar-refractivity contribution in [2.45, 2.75) is 33.2 Å². The second-order valence-corrected chi connectivity index (χ2v) is 6.56. The Hall–Kier alpha value is -2.74. The van der Waals surface area contributed by atoms with Gasteiger partial charge in [-0.25, -0.2) is 4.79 Å². The molecular weight excluding hydrogens is 372 g/mol. The number of carbonyl (C=O) groups is 1. The van der Waals surface area contributed by atoms with Gasteiger partial charge >= 0.3 is 5.69 Å². The average Bonchev–Trinajstić information content (AvgIpc) is 2.61. The van der Waals surface area contributed by atoms with Gasteiger partial charge in [0.15, 0.2) is 12.3 Å². The fourth-order valence-electron chi connectivity index (χ4n) is 2.51. The van der Waals surface area contributed by atoms with Gasteiger partial charge < -0.3 is 15.4 Å². The van der Waals surface area contributed by atoms with Crippen LogP contribution in [0.4, 0.5) is 11.5 Å². The maximum atomic E-state index is 12.5. The second kappa shape index (κ2) is 8.77. The Labute approximate surface area is 161 Å². The highest BCUT2D eigenvalue weighted by Gasteiger charge is 2.21. The van der Waals surface area contributed by atoms with Crippen LogP contribution in [0.1, 0.15) is 25.3 Å². The van der Waals surface area contributed by atoms with Gasteiger partial charge in [0.25, 0.3) is 11.5 Å². The van der Waals surface area contributed by atoms with Gasteiger partial charge in [-0.3, -0.25) is 19.1 Å². The standard InChI is InChI=1S/C18H23ClN4O4/c1-4-5-8-23-16(20)15(17(25)21-18(23)26)22(3)14(24)10-27-12-6-7-13(19)11(2)9-12/h6-7,9H,4-5,8,10,20H2,1-3H3,(H,21,25,26). The average molecular weight is 395 g/mol. The lowest BCUT2D eigenvalue weighted by Gasteiger charge is -2.20. The molecule has 0 fully saturated rings. The van der Waals surface area contributed by atoms with E-state index in [9.17, 15) is 14.4 Å². The van der Waals surface area contributed by atoms with Crippen LogP contribution in [-0.2, 0) is 11.3 Å². The molecule has 9 heteroatoms. The largest absolute Gasteiger partial charge is 0.484 e. The summed E-state index contributed by atoms with van der Waals surface area (Å²) >= 11 is 5.96. The number of aromatic amines is 1. The Morgan fingerprint density at radius 1 is 1.37 bits per heavy atom. The Morgan fingerprint density at radius 2 is 2.07 bits per heavy atom. The lowest BCUT2D eigenvalue weighted by molar-refractivity contribution is -0.120. The van der Waals surface area contributed by atoms with E-state index in [-0.39, 0.29) is 18.1 Å². The summed E-state index contributed by atoms with van der Waals surface area (Å²) in [5.41, 5.74) is 5.43. The van der Waals surface area contributed by atoms with E-state index in [1.165, 1.54) is 11.6 Å². The maximum absolute atomic E-state index is 12.5. The molecular formula is C18H23ClN4O4. The molecule has 0 aliphatic rings. The summed E-state index contributed by atoms with van der Waals surface area (Å²) in [7, 11) is 1.41. The maximum Gasteiger partial charge on any atom is 0.330 e.